The maximum absolute atomic E-state index is 10.1. The lowest BCUT2D eigenvalue weighted by Gasteiger charge is -2.27. The van der Waals surface area contributed by atoms with Crippen LogP contribution in [0.4, 0.5) is 5.95 Å². The van der Waals surface area contributed by atoms with Crippen molar-refractivity contribution in [1.82, 2.24) is 24.6 Å². The van der Waals surface area contributed by atoms with Gasteiger partial charge in [-0.05, 0) is 25.0 Å². The fourth-order valence-corrected chi connectivity index (χ4v) is 3.19. The summed E-state index contributed by atoms with van der Waals surface area (Å²) >= 11 is 0. The predicted octanol–water partition coefficient (Wildman–Crippen LogP) is 2.15. The van der Waals surface area contributed by atoms with Gasteiger partial charge < -0.3 is 10.4 Å². The summed E-state index contributed by atoms with van der Waals surface area (Å²) in [5.74, 6) is 0.840. The van der Waals surface area contributed by atoms with Gasteiger partial charge in [0.1, 0.15) is 0 Å². The molecule has 3 heterocycles. The third-order valence-corrected chi connectivity index (χ3v) is 4.57. The van der Waals surface area contributed by atoms with Crippen molar-refractivity contribution in [2.45, 2.75) is 31.8 Å². The minimum Gasteiger partial charge on any atom is -0.393 e. The summed E-state index contributed by atoms with van der Waals surface area (Å²) in [6, 6.07) is 5.58. The number of hydrogen-bond donors (Lipinski definition) is 2. The van der Waals surface area contributed by atoms with Crippen LogP contribution in [0, 0.1) is 5.92 Å². The number of aromatic nitrogens is 5. The van der Waals surface area contributed by atoms with E-state index in [1.54, 1.807) is 16.9 Å². The van der Waals surface area contributed by atoms with E-state index in [2.05, 4.69) is 25.4 Å². The standard InChI is InChI=1S/C17H20N6O/c24-15-4-2-1-3-12(15)11-19-17-18-8-5-13(22-17)14-7-10-23-16(21-14)6-9-20-23/h5-10,12,15,24H,1-4,11H2,(H,18,19,22)/t12-,15+/m0/s1. The van der Waals surface area contributed by atoms with E-state index in [9.17, 15) is 5.11 Å². The van der Waals surface area contributed by atoms with Gasteiger partial charge in [0.15, 0.2) is 5.65 Å². The van der Waals surface area contributed by atoms with Crippen LogP contribution in [0.2, 0.25) is 0 Å². The second-order valence-electron chi connectivity index (χ2n) is 6.21. The van der Waals surface area contributed by atoms with E-state index in [1.807, 2.05) is 24.4 Å². The molecular weight excluding hydrogens is 304 g/mol. The molecule has 1 fully saturated rings. The van der Waals surface area contributed by atoms with Gasteiger partial charge >= 0.3 is 0 Å². The summed E-state index contributed by atoms with van der Waals surface area (Å²) in [5.41, 5.74) is 2.33. The topological polar surface area (TPSA) is 88.2 Å². The molecular formula is C17H20N6O. The van der Waals surface area contributed by atoms with E-state index in [4.69, 9.17) is 0 Å². The molecule has 0 spiro atoms. The molecule has 24 heavy (non-hydrogen) atoms. The first-order valence-electron chi connectivity index (χ1n) is 8.35. The van der Waals surface area contributed by atoms with E-state index < -0.39 is 0 Å². The van der Waals surface area contributed by atoms with E-state index in [-0.39, 0.29) is 12.0 Å². The fourth-order valence-electron chi connectivity index (χ4n) is 3.19. The highest BCUT2D eigenvalue weighted by Crippen LogP contribution is 2.24. The third kappa shape index (κ3) is 3.07. The zero-order valence-electron chi connectivity index (χ0n) is 13.3. The SMILES string of the molecule is O[C@@H]1CCCC[C@H]1CNc1nccc(-c2ccn3nccc3n2)n1. The molecule has 0 radical (unpaired) electrons. The number of anilines is 1. The van der Waals surface area contributed by atoms with Gasteiger partial charge in [0.05, 0.1) is 23.7 Å². The summed E-state index contributed by atoms with van der Waals surface area (Å²) in [6.45, 7) is 0.694. The molecule has 0 amide bonds. The molecule has 1 aliphatic carbocycles. The molecule has 124 valence electrons. The van der Waals surface area contributed by atoms with Crippen LogP contribution < -0.4 is 5.32 Å². The normalized spacial score (nSPS) is 21.0. The van der Waals surface area contributed by atoms with E-state index in [1.165, 1.54) is 6.42 Å². The highest BCUT2D eigenvalue weighted by molar-refractivity contribution is 5.58. The lowest BCUT2D eigenvalue weighted by atomic mass is 9.86. The minimum atomic E-state index is -0.222. The van der Waals surface area contributed by atoms with Crippen LogP contribution in [0.3, 0.4) is 0 Å². The minimum absolute atomic E-state index is 0.222. The maximum atomic E-state index is 10.1. The van der Waals surface area contributed by atoms with Crippen molar-refractivity contribution in [3.05, 3.63) is 36.8 Å². The first-order chi connectivity index (χ1) is 11.8. The quantitative estimate of drug-likeness (QED) is 0.764. The van der Waals surface area contributed by atoms with Crippen molar-refractivity contribution < 1.29 is 5.11 Å². The van der Waals surface area contributed by atoms with Crippen molar-refractivity contribution in [3.63, 3.8) is 0 Å². The largest absolute Gasteiger partial charge is 0.393 e. The lowest BCUT2D eigenvalue weighted by Crippen LogP contribution is -2.30. The number of nitrogens with one attached hydrogen (secondary N) is 1. The summed E-state index contributed by atoms with van der Waals surface area (Å²) in [7, 11) is 0. The van der Waals surface area contributed by atoms with Gasteiger partial charge in [-0.3, -0.25) is 0 Å². The zero-order chi connectivity index (χ0) is 16.4. The maximum Gasteiger partial charge on any atom is 0.223 e. The Morgan fingerprint density at radius 2 is 1.96 bits per heavy atom. The monoisotopic (exact) mass is 324 g/mol. The van der Waals surface area contributed by atoms with Crippen molar-refractivity contribution in [3.8, 4) is 11.4 Å². The number of rotatable bonds is 4. The Morgan fingerprint density at radius 3 is 2.88 bits per heavy atom. The van der Waals surface area contributed by atoms with Crippen LogP contribution in [-0.4, -0.2) is 42.3 Å². The smallest absolute Gasteiger partial charge is 0.223 e. The Balaban J connectivity index is 1.50. The second kappa shape index (κ2) is 6.52. The van der Waals surface area contributed by atoms with Crippen molar-refractivity contribution in [1.29, 1.82) is 0 Å². The molecule has 0 bridgehead atoms. The molecule has 2 N–H and O–H groups in total. The Bertz CT molecular complexity index is 833. The number of aliphatic hydroxyl groups is 1. The molecule has 1 aliphatic rings. The molecule has 7 heteroatoms. The molecule has 0 aliphatic heterocycles. The van der Waals surface area contributed by atoms with Gasteiger partial charge in [0.2, 0.25) is 5.95 Å². The molecule has 4 rings (SSSR count). The summed E-state index contributed by atoms with van der Waals surface area (Å²) in [4.78, 5) is 13.4. The lowest BCUT2D eigenvalue weighted by molar-refractivity contribution is 0.0762. The number of nitrogens with zero attached hydrogens (tertiary/aromatic N) is 5. The van der Waals surface area contributed by atoms with E-state index in [0.717, 1.165) is 36.3 Å². The van der Waals surface area contributed by atoms with Gasteiger partial charge in [-0.1, -0.05) is 12.8 Å². The van der Waals surface area contributed by atoms with Crippen LogP contribution in [0.25, 0.3) is 17.0 Å². The Kier molecular flexibility index (Phi) is 4.08. The van der Waals surface area contributed by atoms with Crippen LogP contribution in [0.15, 0.2) is 36.8 Å². The summed E-state index contributed by atoms with van der Waals surface area (Å²) in [5, 5.41) is 17.5. The average Bonchev–Trinajstić information content (AvgIpc) is 3.09. The van der Waals surface area contributed by atoms with Gasteiger partial charge in [-0.25, -0.2) is 19.5 Å². The van der Waals surface area contributed by atoms with Crippen LogP contribution in [-0.2, 0) is 0 Å². The Labute approximate surface area is 139 Å². The van der Waals surface area contributed by atoms with Gasteiger partial charge in [0.25, 0.3) is 0 Å². The van der Waals surface area contributed by atoms with Gasteiger partial charge in [-0.2, -0.15) is 5.10 Å². The zero-order valence-corrected chi connectivity index (χ0v) is 13.3. The molecule has 0 aromatic carbocycles. The molecule has 3 aromatic heterocycles. The van der Waals surface area contributed by atoms with Crippen molar-refractivity contribution in [2.75, 3.05) is 11.9 Å². The first-order valence-corrected chi connectivity index (χ1v) is 8.35. The van der Waals surface area contributed by atoms with Crippen molar-refractivity contribution in [2.24, 2.45) is 5.92 Å². The molecule has 0 unspecified atom stereocenters. The second-order valence-corrected chi connectivity index (χ2v) is 6.21. The van der Waals surface area contributed by atoms with Gasteiger partial charge in [-0.15, -0.1) is 0 Å². The Hall–Kier alpha value is -2.54. The van der Waals surface area contributed by atoms with Crippen LogP contribution in [0.1, 0.15) is 25.7 Å². The highest BCUT2D eigenvalue weighted by Gasteiger charge is 2.22. The molecule has 2 atom stereocenters. The number of fused-ring (bicyclic) bond motifs is 1. The molecule has 3 aromatic rings. The first kappa shape index (κ1) is 15.0. The van der Waals surface area contributed by atoms with Crippen LogP contribution in [0.5, 0.6) is 0 Å². The van der Waals surface area contributed by atoms with Crippen molar-refractivity contribution >= 4 is 11.6 Å². The average molecular weight is 324 g/mol. The molecule has 7 nitrogen and oxygen atoms in total. The van der Waals surface area contributed by atoms with E-state index in [0.29, 0.717) is 12.5 Å². The fraction of sp³-hybridized carbons (Fsp3) is 0.412. The van der Waals surface area contributed by atoms with E-state index >= 15 is 0 Å². The molecule has 0 saturated heterocycles. The summed E-state index contributed by atoms with van der Waals surface area (Å²) < 4.78 is 1.72. The van der Waals surface area contributed by atoms with Gasteiger partial charge in [0, 0.05) is 30.9 Å². The third-order valence-electron chi connectivity index (χ3n) is 4.57. The van der Waals surface area contributed by atoms with Crippen LogP contribution >= 0.6 is 0 Å². The molecule has 1 saturated carbocycles. The highest BCUT2D eigenvalue weighted by atomic mass is 16.3. The Morgan fingerprint density at radius 1 is 1.08 bits per heavy atom. The predicted molar refractivity (Wildman–Crippen MR) is 90.5 cm³/mol. The number of aliphatic hydroxyl groups excluding tert-OH is 1. The summed E-state index contributed by atoms with van der Waals surface area (Å²) in [6.07, 6.45) is 9.33. The number of hydrogen-bond acceptors (Lipinski definition) is 6.